The second kappa shape index (κ2) is 10.2. The molecule has 1 aromatic heterocycles. The molecule has 39 heavy (non-hydrogen) atoms. The number of fused-ring (bicyclic) bond motifs is 2. The Hall–Kier alpha value is -2.92. The van der Waals surface area contributed by atoms with E-state index in [-0.39, 0.29) is 39.9 Å². The molecule has 3 aromatic rings. The molecule has 2 saturated carbocycles. The smallest absolute Gasteiger partial charge is 0.255 e. The van der Waals surface area contributed by atoms with Gasteiger partial charge in [0.1, 0.15) is 11.7 Å². The molecule has 0 aliphatic heterocycles. The first kappa shape index (κ1) is 27.6. The molecule has 11 heteroatoms. The molecule has 7 nitrogen and oxygen atoms in total. The summed E-state index contributed by atoms with van der Waals surface area (Å²) in [6.45, 7) is 1.94. The van der Waals surface area contributed by atoms with Crippen molar-refractivity contribution in [2.24, 2.45) is 17.8 Å². The summed E-state index contributed by atoms with van der Waals surface area (Å²) in [6.07, 6.45) is 2.60. The molecule has 206 valence electrons. The third kappa shape index (κ3) is 4.84. The molecule has 6 atom stereocenters. The molecule has 0 saturated heterocycles. The normalized spacial score (nSPS) is 27.2. The Morgan fingerprint density at radius 2 is 1.90 bits per heavy atom. The Labute approximate surface area is 229 Å². The number of aliphatic hydroxyl groups is 2. The van der Waals surface area contributed by atoms with E-state index in [1.165, 1.54) is 30.5 Å². The fourth-order valence-corrected chi connectivity index (χ4v) is 8.64. The van der Waals surface area contributed by atoms with Crippen LogP contribution in [-0.4, -0.2) is 40.4 Å². The van der Waals surface area contributed by atoms with Crippen LogP contribution in [0.15, 0.2) is 65.8 Å². The molecule has 2 bridgehead atoms. The Balaban J connectivity index is 1.41. The summed E-state index contributed by atoms with van der Waals surface area (Å²) in [4.78, 5) is 16.6. The monoisotopic (exact) mass is 576 g/mol. The van der Waals surface area contributed by atoms with Gasteiger partial charge in [-0.15, -0.1) is 0 Å². The number of rotatable bonds is 6. The van der Waals surface area contributed by atoms with Crippen LogP contribution in [0.3, 0.4) is 0 Å². The molecule has 3 N–H and O–H groups in total. The highest BCUT2D eigenvalue weighted by atomic mass is 35.5. The molecule has 5 rings (SSSR count). The first-order valence-electron chi connectivity index (χ1n) is 12.5. The summed E-state index contributed by atoms with van der Waals surface area (Å²) in [6, 6.07) is 10.0. The molecule has 0 radical (unpaired) electrons. The van der Waals surface area contributed by atoms with Gasteiger partial charge in [-0.2, -0.15) is 0 Å². The summed E-state index contributed by atoms with van der Waals surface area (Å²) in [5.41, 5.74) is -1.07. The Morgan fingerprint density at radius 3 is 2.56 bits per heavy atom. The lowest BCUT2D eigenvalue weighted by molar-refractivity contribution is -0.148. The van der Waals surface area contributed by atoms with E-state index in [4.69, 9.17) is 11.6 Å². The van der Waals surface area contributed by atoms with Gasteiger partial charge in [0, 0.05) is 35.3 Å². The van der Waals surface area contributed by atoms with Gasteiger partial charge in [0.2, 0.25) is 0 Å². The fourth-order valence-electron chi connectivity index (χ4n) is 6.27. The predicted octanol–water partition coefficient (Wildman–Crippen LogP) is 4.94. The maximum Gasteiger partial charge on any atom is 0.255 e. The van der Waals surface area contributed by atoms with Gasteiger partial charge in [-0.3, -0.25) is 9.78 Å². The number of nitrogens with zero attached hydrogens (tertiary/aromatic N) is 1. The second-order valence-electron chi connectivity index (χ2n) is 10.5. The van der Waals surface area contributed by atoms with Crippen molar-refractivity contribution in [3.05, 3.63) is 88.7 Å². The number of aromatic nitrogens is 1. The van der Waals surface area contributed by atoms with Gasteiger partial charge in [-0.1, -0.05) is 24.6 Å². The zero-order valence-electron chi connectivity index (χ0n) is 20.9. The Bertz CT molecular complexity index is 1520. The first-order chi connectivity index (χ1) is 18.4. The van der Waals surface area contributed by atoms with Gasteiger partial charge in [-0.05, 0) is 73.4 Å². The zero-order chi connectivity index (χ0) is 28.1. The van der Waals surface area contributed by atoms with Crippen molar-refractivity contribution in [2.75, 3.05) is 5.32 Å². The minimum atomic E-state index is -4.05. The maximum atomic E-state index is 13.8. The van der Waals surface area contributed by atoms with Crippen molar-refractivity contribution in [3.8, 4) is 0 Å². The van der Waals surface area contributed by atoms with E-state index in [0.717, 1.165) is 12.1 Å². The summed E-state index contributed by atoms with van der Waals surface area (Å²) in [5.74, 6) is -3.94. The highest BCUT2D eigenvalue weighted by Crippen LogP contribution is 2.58. The van der Waals surface area contributed by atoms with E-state index in [9.17, 15) is 32.2 Å². The van der Waals surface area contributed by atoms with Crippen LogP contribution in [0, 0.1) is 29.4 Å². The third-order valence-electron chi connectivity index (χ3n) is 8.21. The molecule has 1 heterocycles. The number of anilines is 1. The number of amides is 1. The van der Waals surface area contributed by atoms with Crippen molar-refractivity contribution in [2.45, 2.75) is 48.0 Å². The number of sulfone groups is 1. The highest BCUT2D eigenvalue weighted by molar-refractivity contribution is 7.92. The van der Waals surface area contributed by atoms with Crippen LogP contribution in [0.4, 0.5) is 14.5 Å². The molecule has 3 unspecified atom stereocenters. The van der Waals surface area contributed by atoms with Crippen LogP contribution in [0.1, 0.15) is 48.2 Å². The molecular formula is C28H27ClF2N2O5S. The summed E-state index contributed by atoms with van der Waals surface area (Å²) >= 11 is 6.31. The quantitative estimate of drug-likeness (QED) is 0.383. The standard InChI is InChI=1S/C28H27ClF2N2O5S/c1-15-9-18-11-20(13-21(15)28(18,36)26(34)17-3-2-8-32-14-17)39(37,38)25-10-16(4-6-22(25)29)27(35)33-19-5-7-23(30)24(31)12-19/h2-8,10,12,14-15,18,20-21,26,34,36H,9,11,13H2,1H3,(H,33,35)/t15-,18?,20?,21?,26-,28+/m0/s1. The van der Waals surface area contributed by atoms with Gasteiger partial charge in [0.25, 0.3) is 5.91 Å². The summed E-state index contributed by atoms with van der Waals surface area (Å²) in [5, 5.41) is 24.4. The minimum Gasteiger partial charge on any atom is -0.386 e. The van der Waals surface area contributed by atoms with Gasteiger partial charge in [0.05, 0.1) is 15.2 Å². The average Bonchev–Trinajstić information content (AvgIpc) is 3.03. The second-order valence-corrected chi connectivity index (χ2v) is 13.1. The molecule has 2 aromatic carbocycles. The van der Waals surface area contributed by atoms with E-state index < -0.39 is 56.2 Å². The van der Waals surface area contributed by atoms with Gasteiger partial charge >= 0.3 is 0 Å². The van der Waals surface area contributed by atoms with Crippen molar-refractivity contribution in [3.63, 3.8) is 0 Å². The highest BCUT2D eigenvalue weighted by Gasteiger charge is 2.61. The number of pyridine rings is 1. The molecule has 2 aliphatic rings. The maximum absolute atomic E-state index is 13.8. The molecule has 2 fully saturated rings. The van der Waals surface area contributed by atoms with E-state index in [0.29, 0.717) is 12.0 Å². The van der Waals surface area contributed by atoms with Crippen LogP contribution >= 0.6 is 11.6 Å². The number of aliphatic hydroxyl groups excluding tert-OH is 1. The number of hydrogen-bond acceptors (Lipinski definition) is 6. The lowest BCUT2D eigenvalue weighted by Gasteiger charge is -2.45. The van der Waals surface area contributed by atoms with Crippen LogP contribution in [0.25, 0.3) is 0 Å². The van der Waals surface area contributed by atoms with E-state index >= 15 is 0 Å². The zero-order valence-corrected chi connectivity index (χ0v) is 22.5. The van der Waals surface area contributed by atoms with Crippen molar-refractivity contribution >= 4 is 33.0 Å². The van der Waals surface area contributed by atoms with Crippen molar-refractivity contribution < 1.29 is 32.2 Å². The Kier molecular flexibility index (Phi) is 7.26. The van der Waals surface area contributed by atoms with Gasteiger partial charge < -0.3 is 15.5 Å². The van der Waals surface area contributed by atoms with E-state index in [1.807, 2.05) is 6.92 Å². The molecule has 0 spiro atoms. The van der Waals surface area contributed by atoms with Gasteiger partial charge in [-0.25, -0.2) is 17.2 Å². The van der Waals surface area contributed by atoms with Crippen LogP contribution in [-0.2, 0) is 9.84 Å². The van der Waals surface area contributed by atoms with Crippen molar-refractivity contribution in [1.82, 2.24) is 4.98 Å². The van der Waals surface area contributed by atoms with E-state index in [2.05, 4.69) is 10.3 Å². The van der Waals surface area contributed by atoms with Crippen LogP contribution < -0.4 is 5.32 Å². The number of carbonyl (C=O) groups is 1. The average molecular weight is 577 g/mol. The van der Waals surface area contributed by atoms with Crippen LogP contribution in [0.5, 0.6) is 0 Å². The topological polar surface area (TPSA) is 117 Å². The van der Waals surface area contributed by atoms with Gasteiger partial charge in [0.15, 0.2) is 21.5 Å². The molecule has 1 amide bonds. The third-order valence-corrected chi connectivity index (χ3v) is 10.9. The predicted molar refractivity (Wildman–Crippen MR) is 141 cm³/mol. The number of halogens is 3. The fraction of sp³-hybridized carbons (Fsp3) is 0.357. The first-order valence-corrected chi connectivity index (χ1v) is 14.5. The number of benzene rings is 2. The lowest BCUT2D eigenvalue weighted by Crippen LogP contribution is -2.52. The lowest BCUT2D eigenvalue weighted by atomic mass is 9.69. The number of nitrogens with one attached hydrogen (secondary N) is 1. The number of hydrogen-bond donors (Lipinski definition) is 3. The minimum absolute atomic E-state index is 0.00237. The van der Waals surface area contributed by atoms with Crippen molar-refractivity contribution in [1.29, 1.82) is 0 Å². The Morgan fingerprint density at radius 1 is 1.13 bits per heavy atom. The largest absolute Gasteiger partial charge is 0.386 e. The summed E-state index contributed by atoms with van der Waals surface area (Å²) in [7, 11) is -4.05. The molecular weight excluding hydrogens is 550 g/mol. The molecule has 2 aliphatic carbocycles. The van der Waals surface area contributed by atoms with E-state index in [1.54, 1.807) is 18.3 Å². The summed E-state index contributed by atoms with van der Waals surface area (Å²) < 4.78 is 54.5. The number of carbonyl (C=O) groups excluding carboxylic acids is 1. The van der Waals surface area contributed by atoms with Crippen LogP contribution in [0.2, 0.25) is 5.02 Å². The SMILES string of the molecule is C[C@H]1CC2CC(S(=O)(=O)c3cc(C(=O)Nc4ccc(F)c(F)c4)ccc3Cl)CC1[C@@]2(O)[C@@H](O)c1cccnc1.